The fraction of sp³-hybridized carbons (Fsp3) is 0.0385. The minimum atomic E-state index is -0.551. The summed E-state index contributed by atoms with van der Waals surface area (Å²) in [6.07, 6.45) is 3.01. The number of nitrogens with one attached hydrogen (secondary N) is 3. The molecule has 3 N–H and O–H groups in total. The fourth-order valence-corrected chi connectivity index (χ4v) is 3.37. The van der Waals surface area contributed by atoms with Crippen LogP contribution in [0.25, 0.3) is 0 Å². The van der Waals surface area contributed by atoms with Gasteiger partial charge in [-0.05, 0) is 48.5 Å². The van der Waals surface area contributed by atoms with Gasteiger partial charge in [0.2, 0.25) is 0 Å². The van der Waals surface area contributed by atoms with E-state index in [1.54, 1.807) is 54.7 Å². The van der Waals surface area contributed by atoms with Crippen molar-refractivity contribution in [3.05, 3.63) is 112 Å². The number of pyridine rings is 1. The van der Waals surface area contributed by atoms with Crippen molar-refractivity contribution < 1.29 is 19.2 Å². The van der Waals surface area contributed by atoms with Crippen molar-refractivity contribution in [3.8, 4) is 5.75 Å². The molecule has 36 heavy (non-hydrogen) atoms. The molecule has 0 atom stereocenters. The number of carbonyl (C=O) groups excluding carboxylic acids is 2. The van der Waals surface area contributed by atoms with Crippen LogP contribution in [-0.2, 0) is 0 Å². The third kappa shape index (κ3) is 5.62. The van der Waals surface area contributed by atoms with Crippen LogP contribution in [0.2, 0.25) is 0 Å². The Morgan fingerprint density at radius 1 is 0.833 bits per heavy atom. The van der Waals surface area contributed by atoms with Crippen LogP contribution in [0.5, 0.6) is 5.75 Å². The number of nitrogens with zero attached hydrogens (tertiary/aromatic N) is 2. The van der Waals surface area contributed by atoms with E-state index < -0.39 is 10.8 Å². The van der Waals surface area contributed by atoms with E-state index >= 15 is 0 Å². The van der Waals surface area contributed by atoms with E-state index in [2.05, 4.69) is 20.9 Å². The van der Waals surface area contributed by atoms with E-state index in [0.29, 0.717) is 28.4 Å². The van der Waals surface area contributed by atoms with Crippen LogP contribution in [0.1, 0.15) is 20.7 Å². The van der Waals surface area contributed by atoms with Gasteiger partial charge < -0.3 is 20.7 Å². The highest BCUT2D eigenvalue weighted by Crippen LogP contribution is 2.31. The fourth-order valence-electron chi connectivity index (χ4n) is 3.37. The Balaban J connectivity index is 1.51. The number of aromatic nitrogens is 1. The van der Waals surface area contributed by atoms with Gasteiger partial charge in [0, 0.05) is 41.5 Å². The summed E-state index contributed by atoms with van der Waals surface area (Å²) in [4.78, 5) is 40.3. The molecule has 10 heteroatoms. The molecular weight excluding hydrogens is 462 g/mol. The number of carbonyl (C=O) groups is 2. The zero-order valence-electron chi connectivity index (χ0n) is 19.1. The van der Waals surface area contributed by atoms with Crippen molar-refractivity contribution in [2.75, 3.05) is 23.1 Å². The number of benzene rings is 3. The first kappa shape index (κ1) is 23.9. The van der Waals surface area contributed by atoms with Gasteiger partial charge in [-0.3, -0.25) is 24.7 Å². The summed E-state index contributed by atoms with van der Waals surface area (Å²) in [5.41, 5.74) is 1.97. The molecule has 0 aliphatic carbocycles. The van der Waals surface area contributed by atoms with Gasteiger partial charge in [-0.15, -0.1) is 0 Å². The van der Waals surface area contributed by atoms with Crippen molar-refractivity contribution in [2.45, 2.75) is 0 Å². The number of hydrogen-bond acceptors (Lipinski definition) is 7. The average molecular weight is 483 g/mol. The van der Waals surface area contributed by atoms with Crippen LogP contribution in [0.3, 0.4) is 0 Å². The van der Waals surface area contributed by atoms with E-state index in [-0.39, 0.29) is 22.8 Å². The number of para-hydroxylation sites is 1. The molecule has 180 valence electrons. The first-order valence-corrected chi connectivity index (χ1v) is 10.8. The third-order valence-electron chi connectivity index (χ3n) is 5.14. The lowest BCUT2D eigenvalue weighted by Crippen LogP contribution is -2.14. The highest BCUT2D eigenvalue weighted by molar-refractivity contribution is 6.07. The molecular formula is C26H21N5O5. The van der Waals surface area contributed by atoms with Crippen LogP contribution in [0.4, 0.5) is 28.4 Å². The first-order valence-electron chi connectivity index (χ1n) is 10.8. The molecule has 0 unspecified atom stereocenters. The molecule has 2 amide bonds. The number of ether oxygens (including phenoxy) is 1. The molecule has 0 fully saturated rings. The summed E-state index contributed by atoms with van der Waals surface area (Å²) in [7, 11) is 1.43. The number of rotatable bonds is 8. The van der Waals surface area contributed by atoms with Crippen molar-refractivity contribution in [3.63, 3.8) is 0 Å². The van der Waals surface area contributed by atoms with Gasteiger partial charge in [-0.2, -0.15) is 0 Å². The van der Waals surface area contributed by atoms with Gasteiger partial charge in [0.15, 0.2) is 0 Å². The second kappa shape index (κ2) is 10.8. The van der Waals surface area contributed by atoms with Crippen molar-refractivity contribution >= 4 is 40.3 Å². The standard InChI is InChI=1S/C26H21N5O5/c1-36-24-15-20(10-12-22(24)30-26(33)18-6-5-13-27-16-18)29-25(32)17-9-11-21(23(14-17)31(34)35)28-19-7-3-2-4-8-19/h2-16,28H,1H3,(H,29,32)(H,30,33). The maximum atomic E-state index is 12.8. The van der Waals surface area contributed by atoms with Gasteiger partial charge in [0.05, 0.1) is 23.3 Å². The molecule has 0 saturated heterocycles. The molecule has 3 aromatic carbocycles. The highest BCUT2D eigenvalue weighted by Gasteiger charge is 2.19. The summed E-state index contributed by atoms with van der Waals surface area (Å²) < 4.78 is 5.35. The molecule has 1 heterocycles. The third-order valence-corrected chi connectivity index (χ3v) is 5.14. The van der Waals surface area contributed by atoms with Gasteiger partial charge in [0.25, 0.3) is 17.5 Å². The smallest absolute Gasteiger partial charge is 0.293 e. The molecule has 0 saturated carbocycles. The number of nitro groups is 1. The number of anilines is 4. The number of nitro benzene ring substituents is 1. The first-order chi connectivity index (χ1) is 17.4. The second-order valence-electron chi connectivity index (χ2n) is 7.55. The summed E-state index contributed by atoms with van der Waals surface area (Å²) >= 11 is 0. The highest BCUT2D eigenvalue weighted by atomic mass is 16.6. The number of amides is 2. The summed E-state index contributed by atoms with van der Waals surface area (Å²) in [5.74, 6) is -0.591. The van der Waals surface area contributed by atoms with Crippen molar-refractivity contribution in [1.82, 2.24) is 4.98 Å². The Morgan fingerprint density at radius 3 is 2.28 bits per heavy atom. The monoisotopic (exact) mass is 483 g/mol. The summed E-state index contributed by atoms with van der Waals surface area (Å²) in [6.45, 7) is 0. The Labute approximate surface area is 206 Å². The largest absolute Gasteiger partial charge is 0.494 e. The van der Waals surface area contributed by atoms with E-state index in [0.717, 1.165) is 0 Å². The molecule has 0 aliphatic heterocycles. The lowest BCUT2D eigenvalue weighted by molar-refractivity contribution is -0.383. The molecule has 4 rings (SSSR count). The van der Waals surface area contributed by atoms with Crippen LogP contribution >= 0.6 is 0 Å². The lowest BCUT2D eigenvalue weighted by atomic mass is 10.1. The van der Waals surface area contributed by atoms with Gasteiger partial charge in [-0.25, -0.2) is 0 Å². The SMILES string of the molecule is COc1cc(NC(=O)c2ccc(Nc3ccccc3)c([N+](=O)[O-])c2)ccc1NC(=O)c1cccnc1. The van der Waals surface area contributed by atoms with Crippen LogP contribution in [-0.4, -0.2) is 28.8 Å². The zero-order chi connectivity index (χ0) is 25.5. The lowest BCUT2D eigenvalue weighted by Gasteiger charge is -2.13. The molecule has 10 nitrogen and oxygen atoms in total. The second-order valence-corrected chi connectivity index (χ2v) is 7.55. The maximum Gasteiger partial charge on any atom is 0.293 e. The Bertz CT molecular complexity index is 1410. The van der Waals surface area contributed by atoms with Gasteiger partial charge >= 0.3 is 0 Å². The maximum absolute atomic E-state index is 12.8. The minimum absolute atomic E-state index is 0.105. The number of hydrogen-bond donors (Lipinski definition) is 3. The minimum Gasteiger partial charge on any atom is -0.494 e. The van der Waals surface area contributed by atoms with Crippen LogP contribution < -0.4 is 20.7 Å². The van der Waals surface area contributed by atoms with E-state index in [4.69, 9.17) is 4.74 Å². The van der Waals surface area contributed by atoms with Gasteiger partial charge in [-0.1, -0.05) is 18.2 Å². The molecule has 0 aliphatic rings. The van der Waals surface area contributed by atoms with E-state index in [1.165, 1.54) is 37.6 Å². The van der Waals surface area contributed by atoms with Crippen molar-refractivity contribution in [1.29, 1.82) is 0 Å². The quantitative estimate of drug-likeness (QED) is 0.230. The summed E-state index contributed by atoms with van der Waals surface area (Å²) in [5, 5.41) is 20.1. The Morgan fingerprint density at radius 2 is 1.58 bits per heavy atom. The molecule has 0 spiro atoms. The molecule has 4 aromatic rings. The summed E-state index contributed by atoms with van der Waals surface area (Å²) in [6, 6.07) is 21.2. The predicted octanol–water partition coefficient (Wildman–Crippen LogP) is 5.25. The van der Waals surface area contributed by atoms with Crippen molar-refractivity contribution in [2.24, 2.45) is 0 Å². The van der Waals surface area contributed by atoms with E-state index in [1.807, 2.05) is 6.07 Å². The number of methoxy groups -OCH3 is 1. The topological polar surface area (TPSA) is 135 Å². The molecule has 1 aromatic heterocycles. The van der Waals surface area contributed by atoms with E-state index in [9.17, 15) is 19.7 Å². The van der Waals surface area contributed by atoms with Crippen LogP contribution in [0, 0.1) is 10.1 Å². The normalized spacial score (nSPS) is 10.2. The Kier molecular flexibility index (Phi) is 7.16. The average Bonchev–Trinajstić information content (AvgIpc) is 2.90. The predicted molar refractivity (Wildman–Crippen MR) is 136 cm³/mol. The molecule has 0 bridgehead atoms. The van der Waals surface area contributed by atoms with Crippen LogP contribution in [0.15, 0.2) is 91.3 Å². The Hall–Kier alpha value is -5.25. The molecule has 0 radical (unpaired) electrons. The zero-order valence-corrected chi connectivity index (χ0v) is 19.1. The van der Waals surface area contributed by atoms with Gasteiger partial charge in [0.1, 0.15) is 11.4 Å².